The van der Waals surface area contributed by atoms with Crippen molar-refractivity contribution in [1.29, 1.82) is 0 Å². The Hall–Kier alpha value is -1.01. The number of carbonyl (C=O) groups is 1. The zero-order valence-corrected chi connectivity index (χ0v) is 11.6. The van der Waals surface area contributed by atoms with Gasteiger partial charge in [-0.3, -0.25) is 4.79 Å². The topological polar surface area (TPSA) is 86.0 Å². The van der Waals surface area contributed by atoms with Crippen molar-refractivity contribution in [3.8, 4) is 0 Å². The molecule has 0 unspecified atom stereocenters. The zero-order valence-electron chi connectivity index (χ0n) is 10.5. The summed E-state index contributed by atoms with van der Waals surface area (Å²) < 4.78 is 65.8. The van der Waals surface area contributed by atoms with Crippen LogP contribution in [0.15, 0.2) is 0 Å². The van der Waals surface area contributed by atoms with Crippen molar-refractivity contribution in [3.05, 3.63) is 52.6 Å². The van der Waals surface area contributed by atoms with Gasteiger partial charge in [-0.25, -0.2) is 0 Å². The summed E-state index contributed by atoms with van der Waals surface area (Å²) in [5.41, 5.74) is 0. The van der Waals surface area contributed by atoms with Crippen molar-refractivity contribution in [2.24, 2.45) is 0 Å². The summed E-state index contributed by atoms with van der Waals surface area (Å²) in [5.74, 6) is -0.354. The summed E-state index contributed by atoms with van der Waals surface area (Å²) in [7, 11) is -4.67. The van der Waals surface area contributed by atoms with Crippen molar-refractivity contribution in [2.75, 3.05) is 7.11 Å². The number of esters is 1. The van der Waals surface area contributed by atoms with Crippen molar-refractivity contribution >= 4 is 13.2 Å². The van der Waals surface area contributed by atoms with E-state index in [2.05, 4.69) is 31.6 Å². The molecule has 0 saturated heterocycles. The van der Waals surface area contributed by atoms with E-state index in [-0.39, 0.29) is 23.0 Å². The first kappa shape index (κ1) is 36.8. The molecule has 0 rings (SSSR count). The molecular formula is C10H9BF4FeO5-. The summed E-state index contributed by atoms with van der Waals surface area (Å²) in [5, 5.41) is 0. The first-order valence-electron chi connectivity index (χ1n) is 4.00. The molecule has 0 aromatic rings. The van der Waals surface area contributed by atoms with Gasteiger partial charge in [-0.15, -0.1) is 0 Å². The van der Waals surface area contributed by atoms with Crippen LogP contribution in [-0.2, 0) is 40.6 Å². The number of hydrogen-bond acceptors (Lipinski definition) is 2. The van der Waals surface area contributed by atoms with Crippen LogP contribution in [0.25, 0.3) is 0 Å². The van der Waals surface area contributed by atoms with Crippen LogP contribution < -0.4 is 0 Å². The Morgan fingerprint density at radius 1 is 1.05 bits per heavy atom. The van der Waals surface area contributed by atoms with E-state index in [1.54, 1.807) is 19.3 Å². The number of hydrogen-bond donors (Lipinski definition) is 0. The van der Waals surface area contributed by atoms with Crippen LogP contribution in [0, 0.1) is 52.6 Å². The van der Waals surface area contributed by atoms with Gasteiger partial charge in [0.05, 0.1) is 13.5 Å². The molecule has 0 aliphatic carbocycles. The van der Waals surface area contributed by atoms with Crippen LogP contribution in [0.3, 0.4) is 0 Å². The smallest absolute Gasteiger partial charge is 0.309 e. The van der Waals surface area contributed by atoms with Crippen molar-refractivity contribution in [2.45, 2.75) is 0 Å². The second-order valence-corrected chi connectivity index (χ2v) is 1.81. The molecule has 0 spiro atoms. The Labute approximate surface area is 131 Å². The van der Waals surface area contributed by atoms with Gasteiger partial charge in [-0.2, -0.15) is 0 Å². The molecule has 0 fully saturated rings. The fourth-order valence-electron chi connectivity index (χ4n) is 0.281. The van der Waals surface area contributed by atoms with Gasteiger partial charge in [-0.05, 0) is 26.2 Å². The average Bonchev–Trinajstić information content (AvgIpc) is 2.44. The third-order valence-corrected chi connectivity index (χ3v) is 0.681. The van der Waals surface area contributed by atoms with Crippen molar-refractivity contribution < 1.29 is 57.8 Å². The zero-order chi connectivity index (χ0) is 17.6. The van der Waals surface area contributed by atoms with Gasteiger partial charge in [0, 0.05) is 17.1 Å². The molecule has 119 valence electrons. The van der Waals surface area contributed by atoms with Crippen LogP contribution in [0.2, 0.25) is 0 Å². The maximum atomic E-state index is 10.3. The Kier molecular flexibility index (Phi) is 63.9. The Bertz CT molecular complexity index is 236. The number of carbonyl (C=O) groups excluding carboxylic acids is 1. The van der Waals surface area contributed by atoms with E-state index in [1.807, 2.05) is 0 Å². The summed E-state index contributed by atoms with van der Waals surface area (Å²) in [6.07, 6.45) is 6.12. The van der Waals surface area contributed by atoms with Crippen LogP contribution in [-0.4, -0.2) is 20.3 Å². The summed E-state index contributed by atoms with van der Waals surface area (Å²) >= 11 is 0. The quantitative estimate of drug-likeness (QED) is 0.194. The second-order valence-electron chi connectivity index (χ2n) is 1.81. The average molecular weight is 352 g/mol. The van der Waals surface area contributed by atoms with Crippen LogP contribution in [0.1, 0.15) is 0 Å². The van der Waals surface area contributed by atoms with Crippen molar-refractivity contribution in [1.82, 2.24) is 0 Å². The van der Waals surface area contributed by atoms with Crippen molar-refractivity contribution in [3.63, 3.8) is 0 Å². The molecular weight excluding hydrogens is 343 g/mol. The Balaban J connectivity index is -0.0000000403. The molecule has 5 nitrogen and oxygen atoms in total. The van der Waals surface area contributed by atoms with Crippen LogP contribution in [0.5, 0.6) is 0 Å². The number of unbranched alkanes of at least 4 members (excludes halogenated alkanes) is 2. The third-order valence-electron chi connectivity index (χ3n) is 0.681. The molecule has 0 amide bonds. The first-order chi connectivity index (χ1) is 9.31. The SMILES string of the molecule is F[B-](F)(F)F.[C-]#[O+].[C-]#[O+].[C-]#[O+].[CH2][CH][CH][CH][CH]C(=O)OC.[Fe]. The van der Waals surface area contributed by atoms with Gasteiger partial charge in [0.1, 0.15) is 0 Å². The number of rotatable bonds is 4. The number of halogens is 4. The summed E-state index contributed by atoms with van der Waals surface area (Å²) in [4.78, 5) is 10.3. The van der Waals surface area contributed by atoms with E-state index in [9.17, 15) is 22.1 Å². The number of ether oxygens (including phenoxy) is 1. The summed E-state index contributed by atoms with van der Waals surface area (Å²) in [6.45, 7) is 16.9. The minimum Gasteiger partial charge on any atom is -0.469 e. The third kappa shape index (κ3) is 153. The van der Waals surface area contributed by atoms with Gasteiger partial charge in [0.15, 0.2) is 0 Å². The largest absolute Gasteiger partial charge is 0.469 e. The minimum atomic E-state index is -6.00. The molecule has 0 bridgehead atoms. The Morgan fingerprint density at radius 3 is 1.52 bits per heavy atom. The van der Waals surface area contributed by atoms with E-state index in [4.69, 9.17) is 14.0 Å². The van der Waals surface area contributed by atoms with E-state index in [1.165, 1.54) is 13.5 Å². The van der Waals surface area contributed by atoms with E-state index in [0.717, 1.165) is 0 Å². The van der Waals surface area contributed by atoms with E-state index in [0.29, 0.717) is 0 Å². The maximum absolute atomic E-state index is 10.3. The molecule has 0 atom stereocenters. The predicted octanol–water partition coefficient (Wildman–Crippen LogP) is 2.00. The van der Waals surface area contributed by atoms with E-state index < -0.39 is 7.25 Å². The van der Waals surface area contributed by atoms with Gasteiger partial charge in [0.25, 0.3) is 0 Å². The van der Waals surface area contributed by atoms with Gasteiger partial charge >= 0.3 is 47.1 Å². The fraction of sp³-hybridized carbons (Fsp3) is 0.100. The van der Waals surface area contributed by atoms with Gasteiger partial charge in [-0.1, -0.05) is 0 Å². The monoisotopic (exact) mass is 352 g/mol. The van der Waals surface area contributed by atoms with Crippen LogP contribution in [0.4, 0.5) is 17.3 Å². The maximum Gasteiger partial charge on any atom is 0.309 e. The fourth-order valence-corrected chi connectivity index (χ4v) is 0.281. The number of methoxy groups -OCH3 is 1. The molecule has 21 heavy (non-hydrogen) atoms. The van der Waals surface area contributed by atoms with Gasteiger partial charge < -0.3 is 22.0 Å². The molecule has 0 aliphatic rings. The molecule has 0 saturated carbocycles. The summed E-state index contributed by atoms with van der Waals surface area (Å²) in [6, 6.07) is 0. The standard InChI is InChI=1S/C7H9O2.3CO.BF4.Fe/c1-3-4-5-6-7(8)9-2;3*1-2;2-1(3,4)5;/h3-6H,1H2,2H3;;;;;/q;;;;-1;. The molecule has 5 radical (unpaired) electrons. The molecule has 0 aliphatic heterocycles. The molecule has 0 aromatic carbocycles. The second kappa shape index (κ2) is 36.4. The minimum absolute atomic E-state index is 0. The Morgan fingerprint density at radius 2 is 1.33 bits per heavy atom. The molecule has 0 N–H and O–H groups in total. The van der Waals surface area contributed by atoms with E-state index >= 15 is 0 Å². The molecule has 11 heteroatoms. The van der Waals surface area contributed by atoms with Gasteiger partial charge in [0.2, 0.25) is 0 Å². The molecule has 0 aromatic heterocycles. The normalized spacial score (nSPS) is 7.05. The first-order valence-corrected chi connectivity index (χ1v) is 4.00. The molecule has 0 heterocycles. The van der Waals surface area contributed by atoms with Crippen LogP contribution >= 0.6 is 0 Å². The predicted molar refractivity (Wildman–Crippen MR) is 56.5 cm³/mol.